The van der Waals surface area contributed by atoms with Crippen molar-refractivity contribution in [3.05, 3.63) is 64.7 Å². The second kappa shape index (κ2) is 8.80. The molecule has 0 bridgehead atoms. The number of oxime groups is 1. The Labute approximate surface area is 139 Å². The third-order valence-electron chi connectivity index (χ3n) is 2.95. The number of nitrogens with zero attached hydrogens (tertiary/aromatic N) is 1. The van der Waals surface area contributed by atoms with Crippen molar-refractivity contribution >= 4 is 23.7 Å². The molecule has 0 aliphatic carbocycles. The van der Waals surface area contributed by atoms with Crippen LogP contribution in [0.5, 0.6) is 5.75 Å². The molecule has 2 aromatic rings. The minimum Gasteiger partial charge on any atom is -0.492 e. The molecular formula is C17H17ClN2O3. The molecular weight excluding hydrogens is 316 g/mol. The van der Waals surface area contributed by atoms with Crippen LogP contribution in [-0.4, -0.2) is 32.4 Å². The average Bonchev–Trinajstić information content (AvgIpc) is 2.58. The van der Waals surface area contributed by atoms with Crippen LogP contribution in [-0.2, 0) is 4.84 Å². The van der Waals surface area contributed by atoms with Crippen molar-refractivity contribution in [3.63, 3.8) is 0 Å². The molecule has 0 saturated heterocycles. The Morgan fingerprint density at radius 2 is 1.87 bits per heavy atom. The highest BCUT2D eigenvalue weighted by Gasteiger charge is 2.04. The number of halogens is 1. The predicted octanol–water partition coefficient (Wildman–Crippen LogP) is 3.13. The van der Waals surface area contributed by atoms with Crippen molar-refractivity contribution in [2.45, 2.75) is 0 Å². The molecule has 0 unspecified atom stereocenters. The Morgan fingerprint density at radius 3 is 2.52 bits per heavy atom. The van der Waals surface area contributed by atoms with Crippen LogP contribution in [0.1, 0.15) is 15.9 Å². The lowest BCUT2D eigenvalue weighted by molar-refractivity contribution is 0.0947. The fraction of sp³-hybridized carbons (Fsp3) is 0.176. The SMILES string of the molecule is CO/N=C/c1ccc(C(=O)NCCOc2ccc(Cl)cc2)cc1. The van der Waals surface area contributed by atoms with Gasteiger partial charge in [-0.2, -0.15) is 0 Å². The minimum absolute atomic E-state index is 0.153. The summed E-state index contributed by atoms with van der Waals surface area (Å²) in [6, 6.07) is 14.1. The third-order valence-corrected chi connectivity index (χ3v) is 3.20. The summed E-state index contributed by atoms with van der Waals surface area (Å²) in [6.45, 7) is 0.792. The van der Waals surface area contributed by atoms with Crippen LogP contribution in [0.3, 0.4) is 0 Å². The van der Waals surface area contributed by atoms with E-state index in [1.54, 1.807) is 54.7 Å². The van der Waals surface area contributed by atoms with Crippen molar-refractivity contribution in [2.24, 2.45) is 5.16 Å². The molecule has 0 saturated carbocycles. The quantitative estimate of drug-likeness (QED) is 0.481. The van der Waals surface area contributed by atoms with Crippen molar-refractivity contribution in [3.8, 4) is 5.75 Å². The molecule has 2 aromatic carbocycles. The number of amides is 1. The van der Waals surface area contributed by atoms with Crippen LogP contribution in [0.15, 0.2) is 53.7 Å². The molecule has 0 atom stereocenters. The molecule has 6 heteroatoms. The molecule has 0 fully saturated rings. The fourth-order valence-electron chi connectivity index (χ4n) is 1.80. The zero-order chi connectivity index (χ0) is 16.5. The van der Waals surface area contributed by atoms with E-state index in [0.717, 1.165) is 5.56 Å². The second-order valence-electron chi connectivity index (χ2n) is 4.60. The van der Waals surface area contributed by atoms with E-state index in [4.69, 9.17) is 16.3 Å². The lowest BCUT2D eigenvalue weighted by Gasteiger charge is -2.08. The Bertz CT molecular complexity index is 655. The van der Waals surface area contributed by atoms with Crippen molar-refractivity contribution < 1.29 is 14.4 Å². The lowest BCUT2D eigenvalue weighted by atomic mass is 10.1. The summed E-state index contributed by atoms with van der Waals surface area (Å²) in [5.41, 5.74) is 1.43. The molecule has 5 nitrogen and oxygen atoms in total. The second-order valence-corrected chi connectivity index (χ2v) is 5.03. The van der Waals surface area contributed by atoms with Crippen LogP contribution in [0.25, 0.3) is 0 Å². The monoisotopic (exact) mass is 332 g/mol. The summed E-state index contributed by atoms with van der Waals surface area (Å²) in [4.78, 5) is 16.6. The number of carbonyl (C=O) groups excluding carboxylic acids is 1. The first-order valence-electron chi connectivity index (χ1n) is 7.02. The van der Waals surface area contributed by atoms with Gasteiger partial charge in [0, 0.05) is 10.6 Å². The summed E-state index contributed by atoms with van der Waals surface area (Å²) in [5.74, 6) is 0.561. The van der Waals surface area contributed by atoms with Crippen LogP contribution in [0, 0.1) is 0 Å². The van der Waals surface area contributed by atoms with Gasteiger partial charge >= 0.3 is 0 Å². The summed E-state index contributed by atoms with van der Waals surface area (Å²) >= 11 is 5.79. The van der Waals surface area contributed by atoms with E-state index in [2.05, 4.69) is 15.3 Å². The van der Waals surface area contributed by atoms with Gasteiger partial charge in [-0.1, -0.05) is 28.9 Å². The topological polar surface area (TPSA) is 59.9 Å². The molecule has 1 N–H and O–H groups in total. The molecule has 0 radical (unpaired) electrons. The zero-order valence-electron chi connectivity index (χ0n) is 12.7. The highest BCUT2D eigenvalue weighted by Crippen LogP contribution is 2.15. The van der Waals surface area contributed by atoms with Crippen LogP contribution < -0.4 is 10.1 Å². The molecule has 0 aliphatic heterocycles. The van der Waals surface area contributed by atoms with E-state index in [9.17, 15) is 4.79 Å². The van der Waals surface area contributed by atoms with E-state index in [0.29, 0.717) is 29.5 Å². The Hall–Kier alpha value is -2.53. The number of ether oxygens (including phenoxy) is 1. The first-order valence-corrected chi connectivity index (χ1v) is 7.40. The van der Waals surface area contributed by atoms with Gasteiger partial charge in [0.05, 0.1) is 12.8 Å². The van der Waals surface area contributed by atoms with E-state index >= 15 is 0 Å². The van der Waals surface area contributed by atoms with Gasteiger partial charge in [-0.3, -0.25) is 4.79 Å². The number of hydrogen-bond acceptors (Lipinski definition) is 4. The predicted molar refractivity (Wildman–Crippen MR) is 90.3 cm³/mol. The standard InChI is InChI=1S/C17H17ClN2O3/c1-22-20-12-13-2-4-14(5-3-13)17(21)19-10-11-23-16-8-6-15(18)7-9-16/h2-9,12H,10-11H2,1H3,(H,19,21)/b20-12+. The smallest absolute Gasteiger partial charge is 0.251 e. The minimum atomic E-state index is -0.153. The first-order chi connectivity index (χ1) is 11.2. The lowest BCUT2D eigenvalue weighted by Crippen LogP contribution is -2.28. The summed E-state index contributed by atoms with van der Waals surface area (Å²) in [5, 5.41) is 7.11. The van der Waals surface area contributed by atoms with E-state index in [-0.39, 0.29) is 5.91 Å². The summed E-state index contributed by atoms with van der Waals surface area (Å²) < 4.78 is 5.51. The number of hydrogen-bond donors (Lipinski definition) is 1. The van der Waals surface area contributed by atoms with Gasteiger partial charge in [-0.15, -0.1) is 0 Å². The Morgan fingerprint density at radius 1 is 1.17 bits per heavy atom. The van der Waals surface area contributed by atoms with Gasteiger partial charge < -0.3 is 14.9 Å². The van der Waals surface area contributed by atoms with Gasteiger partial charge in [-0.25, -0.2) is 0 Å². The average molecular weight is 333 g/mol. The van der Waals surface area contributed by atoms with Crippen molar-refractivity contribution in [1.82, 2.24) is 5.32 Å². The van der Waals surface area contributed by atoms with Gasteiger partial charge in [0.1, 0.15) is 19.5 Å². The summed E-state index contributed by atoms with van der Waals surface area (Å²) in [7, 11) is 1.48. The number of rotatable bonds is 7. The normalized spacial score (nSPS) is 10.5. The van der Waals surface area contributed by atoms with Gasteiger partial charge in [0.15, 0.2) is 0 Å². The number of nitrogens with one attached hydrogen (secondary N) is 1. The van der Waals surface area contributed by atoms with Crippen LogP contribution in [0.4, 0.5) is 0 Å². The molecule has 0 aliphatic rings. The van der Waals surface area contributed by atoms with E-state index < -0.39 is 0 Å². The summed E-state index contributed by atoms with van der Waals surface area (Å²) in [6.07, 6.45) is 1.57. The molecule has 0 heterocycles. The van der Waals surface area contributed by atoms with Gasteiger partial charge in [0.25, 0.3) is 5.91 Å². The van der Waals surface area contributed by atoms with Gasteiger partial charge in [-0.05, 0) is 42.0 Å². The van der Waals surface area contributed by atoms with E-state index in [1.165, 1.54) is 7.11 Å². The van der Waals surface area contributed by atoms with Crippen LogP contribution >= 0.6 is 11.6 Å². The van der Waals surface area contributed by atoms with Gasteiger partial charge in [0.2, 0.25) is 0 Å². The van der Waals surface area contributed by atoms with E-state index in [1.807, 2.05) is 0 Å². The molecule has 0 spiro atoms. The van der Waals surface area contributed by atoms with Crippen molar-refractivity contribution in [2.75, 3.05) is 20.3 Å². The maximum Gasteiger partial charge on any atom is 0.251 e. The number of benzene rings is 2. The largest absolute Gasteiger partial charge is 0.492 e. The maximum absolute atomic E-state index is 12.0. The first kappa shape index (κ1) is 16.8. The molecule has 23 heavy (non-hydrogen) atoms. The fourth-order valence-corrected chi connectivity index (χ4v) is 1.93. The Kier molecular flexibility index (Phi) is 6.44. The highest BCUT2D eigenvalue weighted by molar-refractivity contribution is 6.30. The molecule has 2 rings (SSSR count). The van der Waals surface area contributed by atoms with Crippen LogP contribution in [0.2, 0.25) is 5.02 Å². The molecule has 1 amide bonds. The number of carbonyl (C=O) groups is 1. The maximum atomic E-state index is 12.0. The Balaban J connectivity index is 1.76. The zero-order valence-corrected chi connectivity index (χ0v) is 13.4. The highest BCUT2D eigenvalue weighted by atomic mass is 35.5. The third kappa shape index (κ3) is 5.64. The van der Waals surface area contributed by atoms with Crippen molar-refractivity contribution in [1.29, 1.82) is 0 Å². The molecule has 0 aromatic heterocycles. The molecule has 120 valence electrons.